The number of likely N-dealkylation sites (tertiary alicyclic amines) is 1. The molecule has 7 nitrogen and oxygen atoms in total. The Morgan fingerprint density at radius 1 is 1.24 bits per heavy atom. The number of nitrogens with zero attached hydrogens (tertiary/aromatic N) is 5. The Morgan fingerprint density at radius 2 is 2.04 bits per heavy atom. The molecule has 0 aromatic carbocycles. The number of imidazole rings is 1. The molecule has 0 radical (unpaired) electrons. The van der Waals surface area contributed by atoms with Crippen LogP contribution >= 0.6 is 0 Å². The van der Waals surface area contributed by atoms with Crippen molar-refractivity contribution in [3.8, 4) is 0 Å². The second kappa shape index (κ2) is 8.20. The number of carbonyl (C=O) groups is 1. The molecule has 1 aliphatic heterocycles. The maximum Gasteiger partial charge on any atom is 0.274 e. The number of methoxy groups -OCH3 is 1. The summed E-state index contributed by atoms with van der Waals surface area (Å²) in [7, 11) is 1.72. The van der Waals surface area contributed by atoms with E-state index in [1.54, 1.807) is 19.5 Å². The molecule has 0 saturated carbocycles. The van der Waals surface area contributed by atoms with Crippen molar-refractivity contribution in [3.05, 3.63) is 42.0 Å². The highest BCUT2D eigenvalue weighted by atomic mass is 16.5. The number of aryl methyl sites for hydroxylation is 1. The van der Waals surface area contributed by atoms with Crippen molar-refractivity contribution >= 4 is 5.91 Å². The second-order valence-electron chi connectivity index (χ2n) is 6.49. The molecule has 0 spiro atoms. The Bertz CT molecular complexity index is 693. The first-order chi connectivity index (χ1) is 12.2. The van der Waals surface area contributed by atoms with Crippen LogP contribution in [0.15, 0.2) is 24.8 Å². The molecular weight excluding hydrogens is 318 g/mol. The van der Waals surface area contributed by atoms with E-state index >= 15 is 0 Å². The molecular formula is C18H25N5O2. The fraction of sp³-hybridized carbons (Fsp3) is 0.556. The molecule has 2 aromatic rings. The number of hydrogen-bond donors (Lipinski definition) is 0. The number of aromatic nitrogens is 4. The molecule has 1 saturated heterocycles. The summed E-state index contributed by atoms with van der Waals surface area (Å²) < 4.78 is 7.43. The van der Waals surface area contributed by atoms with Gasteiger partial charge >= 0.3 is 0 Å². The van der Waals surface area contributed by atoms with Crippen molar-refractivity contribution in [3.63, 3.8) is 0 Å². The summed E-state index contributed by atoms with van der Waals surface area (Å²) in [4.78, 5) is 27.0. The Morgan fingerprint density at radius 3 is 2.72 bits per heavy atom. The van der Waals surface area contributed by atoms with E-state index in [-0.39, 0.29) is 5.91 Å². The molecule has 0 aliphatic carbocycles. The number of piperidine rings is 1. The number of carbonyl (C=O) groups excluding carboxylic acids is 1. The summed E-state index contributed by atoms with van der Waals surface area (Å²) in [5.41, 5.74) is 1.59. The Balaban J connectivity index is 1.56. The van der Waals surface area contributed by atoms with Gasteiger partial charge in [-0.3, -0.25) is 9.78 Å². The third-order valence-electron chi connectivity index (χ3n) is 4.81. The van der Waals surface area contributed by atoms with Crippen molar-refractivity contribution in [2.24, 2.45) is 5.92 Å². The van der Waals surface area contributed by atoms with Gasteiger partial charge in [0.15, 0.2) is 0 Å². The Labute approximate surface area is 148 Å². The molecule has 1 fully saturated rings. The normalized spacial score (nSPS) is 15.5. The van der Waals surface area contributed by atoms with E-state index in [0.29, 0.717) is 18.2 Å². The predicted molar refractivity (Wildman–Crippen MR) is 93.2 cm³/mol. The third kappa shape index (κ3) is 4.22. The molecule has 3 rings (SSSR count). The minimum Gasteiger partial charge on any atom is -0.383 e. The van der Waals surface area contributed by atoms with E-state index in [0.717, 1.165) is 44.7 Å². The van der Waals surface area contributed by atoms with Gasteiger partial charge in [-0.05, 0) is 25.7 Å². The molecule has 2 aromatic heterocycles. The smallest absolute Gasteiger partial charge is 0.274 e. The minimum atomic E-state index is -0.0241. The summed E-state index contributed by atoms with van der Waals surface area (Å²) in [6.07, 6.45) is 9.52. The maximum absolute atomic E-state index is 12.4. The molecule has 3 heterocycles. The molecule has 0 atom stereocenters. The van der Waals surface area contributed by atoms with Crippen molar-refractivity contribution in [2.75, 3.05) is 26.8 Å². The molecule has 7 heteroatoms. The van der Waals surface area contributed by atoms with Gasteiger partial charge < -0.3 is 14.2 Å². The van der Waals surface area contributed by atoms with Gasteiger partial charge in [-0.2, -0.15) is 0 Å². The first kappa shape index (κ1) is 17.5. The van der Waals surface area contributed by atoms with Gasteiger partial charge in [0.1, 0.15) is 11.5 Å². The third-order valence-corrected chi connectivity index (χ3v) is 4.81. The zero-order valence-electron chi connectivity index (χ0n) is 14.9. The van der Waals surface area contributed by atoms with Crippen LogP contribution in [0.25, 0.3) is 0 Å². The van der Waals surface area contributed by atoms with Crippen LogP contribution in [0.5, 0.6) is 0 Å². The summed E-state index contributed by atoms with van der Waals surface area (Å²) >= 11 is 0. The van der Waals surface area contributed by atoms with Crippen LogP contribution in [0.1, 0.15) is 34.8 Å². The molecule has 1 amide bonds. The lowest BCUT2D eigenvalue weighted by molar-refractivity contribution is 0.0683. The molecule has 0 bridgehead atoms. The van der Waals surface area contributed by atoms with Gasteiger partial charge in [0, 0.05) is 57.4 Å². The summed E-state index contributed by atoms with van der Waals surface area (Å²) in [5, 5.41) is 0. The van der Waals surface area contributed by atoms with Crippen LogP contribution < -0.4 is 0 Å². The van der Waals surface area contributed by atoms with E-state index < -0.39 is 0 Å². The highest BCUT2D eigenvalue weighted by Gasteiger charge is 2.25. The quantitative estimate of drug-likeness (QED) is 0.798. The standard InChI is InChI=1S/C18H25N5O2/c1-14-12-21-17(23(14)9-10-25-2)11-15-3-7-22(8-4-15)18(24)16-13-19-5-6-20-16/h5-6,12-13,15H,3-4,7-11H2,1-2H3. The first-order valence-electron chi connectivity index (χ1n) is 8.74. The number of hydrogen-bond acceptors (Lipinski definition) is 5. The largest absolute Gasteiger partial charge is 0.383 e. The number of rotatable bonds is 6. The van der Waals surface area contributed by atoms with Crippen LogP contribution in [0.2, 0.25) is 0 Å². The summed E-state index contributed by atoms with van der Waals surface area (Å²) in [5.74, 6) is 1.64. The van der Waals surface area contributed by atoms with Crippen LogP contribution in [0.4, 0.5) is 0 Å². The summed E-state index contributed by atoms with van der Waals surface area (Å²) in [6.45, 7) is 5.13. The van der Waals surface area contributed by atoms with Crippen LogP contribution in [-0.2, 0) is 17.7 Å². The van der Waals surface area contributed by atoms with Crippen LogP contribution in [0, 0.1) is 12.8 Å². The monoisotopic (exact) mass is 343 g/mol. The highest BCUT2D eigenvalue weighted by Crippen LogP contribution is 2.22. The van der Waals surface area contributed by atoms with Gasteiger partial charge in [-0.25, -0.2) is 9.97 Å². The van der Waals surface area contributed by atoms with Crippen molar-refractivity contribution in [1.29, 1.82) is 0 Å². The van der Waals surface area contributed by atoms with Gasteiger partial charge in [-0.15, -0.1) is 0 Å². The van der Waals surface area contributed by atoms with Crippen molar-refractivity contribution in [1.82, 2.24) is 24.4 Å². The van der Waals surface area contributed by atoms with Gasteiger partial charge in [-0.1, -0.05) is 0 Å². The summed E-state index contributed by atoms with van der Waals surface area (Å²) in [6, 6.07) is 0. The van der Waals surface area contributed by atoms with Crippen LogP contribution in [-0.4, -0.2) is 57.1 Å². The van der Waals surface area contributed by atoms with Gasteiger partial charge in [0.2, 0.25) is 0 Å². The minimum absolute atomic E-state index is 0.0241. The highest BCUT2D eigenvalue weighted by molar-refractivity contribution is 5.91. The molecule has 1 aliphatic rings. The van der Waals surface area contributed by atoms with Gasteiger partial charge in [0.05, 0.1) is 12.8 Å². The second-order valence-corrected chi connectivity index (χ2v) is 6.49. The van der Waals surface area contributed by atoms with Crippen molar-refractivity contribution in [2.45, 2.75) is 32.7 Å². The molecule has 0 unspecified atom stereocenters. The molecule has 25 heavy (non-hydrogen) atoms. The van der Waals surface area contributed by atoms with Crippen molar-refractivity contribution < 1.29 is 9.53 Å². The number of ether oxygens (including phenoxy) is 1. The number of amides is 1. The lowest BCUT2D eigenvalue weighted by atomic mass is 9.93. The van der Waals surface area contributed by atoms with E-state index in [1.165, 1.54) is 11.9 Å². The Kier molecular flexibility index (Phi) is 5.75. The average Bonchev–Trinajstić information content (AvgIpc) is 3.00. The lowest BCUT2D eigenvalue weighted by Gasteiger charge is -2.31. The van der Waals surface area contributed by atoms with E-state index in [1.807, 2.05) is 11.1 Å². The molecule has 0 N–H and O–H groups in total. The van der Waals surface area contributed by atoms with E-state index in [2.05, 4.69) is 26.4 Å². The fourth-order valence-electron chi connectivity index (χ4n) is 3.33. The molecule has 134 valence electrons. The van der Waals surface area contributed by atoms with Crippen LogP contribution in [0.3, 0.4) is 0 Å². The lowest BCUT2D eigenvalue weighted by Crippen LogP contribution is -2.39. The predicted octanol–water partition coefficient (Wildman–Crippen LogP) is 1.72. The van der Waals surface area contributed by atoms with E-state index in [9.17, 15) is 4.79 Å². The fourth-order valence-corrected chi connectivity index (χ4v) is 3.33. The zero-order chi connectivity index (χ0) is 17.6. The first-order valence-corrected chi connectivity index (χ1v) is 8.74. The van der Waals surface area contributed by atoms with Gasteiger partial charge in [0.25, 0.3) is 5.91 Å². The zero-order valence-corrected chi connectivity index (χ0v) is 14.9. The van der Waals surface area contributed by atoms with E-state index in [4.69, 9.17) is 4.74 Å². The maximum atomic E-state index is 12.4. The average molecular weight is 343 g/mol. The Hall–Kier alpha value is -2.28. The topological polar surface area (TPSA) is 73.1 Å². The SMILES string of the molecule is COCCn1c(C)cnc1CC1CCN(C(=O)c2cnccn2)CC1.